The number of pyridine rings is 1. The van der Waals surface area contributed by atoms with E-state index in [1.807, 2.05) is 0 Å². The average molecular weight is 365 g/mol. The fourth-order valence-corrected chi connectivity index (χ4v) is 3.14. The number of nitrogens with zero attached hydrogens (tertiary/aromatic N) is 1. The summed E-state index contributed by atoms with van der Waals surface area (Å²) in [5.41, 5.74) is 0.432. The van der Waals surface area contributed by atoms with E-state index in [0.717, 1.165) is 0 Å². The van der Waals surface area contributed by atoms with Crippen LogP contribution in [0.25, 0.3) is 0 Å². The Labute approximate surface area is 146 Å². The van der Waals surface area contributed by atoms with Gasteiger partial charge in [-0.25, -0.2) is 13.4 Å². The van der Waals surface area contributed by atoms with Crippen molar-refractivity contribution >= 4 is 21.6 Å². The summed E-state index contributed by atoms with van der Waals surface area (Å²) < 4.78 is 36.9. The van der Waals surface area contributed by atoms with Gasteiger partial charge in [-0.2, -0.15) is 4.72 Å². The summed E-state index contributed by atoms with van der Waals surface area (Å²) in [6.07, 6.45) is 1.42. The summed E-state index contributed by atoms with van der Waals surface area (Å²) >= 11 is 0. The molecule has 0 radical (unpaired) electrons. The predicted octanol–water partition coefficient (Wildman–Crippen LogP) is 1.40. The number of nitrogens with one attached hydrogen (secondary N) is 2. The van der Waals surface area contributed by atoms with Crippen LogP contribution in [0.15, 0.2) is 47.5 Å². The van der Waals surface area contributed by atoms with E-state index >= 15 is 0 Å². The van der Waals surface area contributed by atoms with Gasteiger partial charge >= 0.3 is 0 Å². The van der Waals surface area contributed by atoms with Crippen LogP contribution in [-0.4, -0.2) is 39.6 Å². The second-order valence-corrected chi connectivity index (χ2v) is 6.81. The summed E-state index contributed by atoms with van der Waals surface area (Å²) in [6.45, 7) is 1.45. The highest BCUT2D eigenvalue weighted by molar-refractivity contribution is 7.89. The van der Waals surface area contributed by atoms with Crippen LogP contribution in [0.5, 0.6) is 11.6 Å². The molecular formula is C16H19N3O5S. The molecule has 0 saturated carbocycles. The Morgan fingerprint density at radius 3 is 2.28 bits per heavy atom. The van der Waals surface area contributed by atoms with Crippen LogP contribution in [0.3, 0.4) is 0 Å². The number of ether oxygens (including phenoxy) is 2. The quantitative estimate of drug-likeness (QED) is 0.768. The minimum absolute atomic E-state index is 0.0408. The molecule has 8 nitrogen and oxygen atoms in total. The third-order valence-electron chi connectivity index (χ3n) is 3.31. The van der Waals surface area contributed by atoms with Crippen LogP contribution in [0, 0.1) is 0 Å². The molecule has 0 saturated heterocycles. The predicted molar refractivity (Wildman–Crippen MR) is 92.2 cm³/mol. The lowest BCUT2D eigenvalue weighted by atomic mass is 10.3. The van der Waals surface area contributed by atoms with Crippen LogP contribution in [0.4, 0.5) is 5.69 Å². The molecule has 0 aliphatic carbocycles. The van der Waals surface area contributed by atoms with Crippen molar-refractivity contribution in [3.05, 3.63) is 42.6 Å². The van der Waals surface area contributed by atoms with Crippen molar-refractivity contribution in [2.24, 2.45) is 0 Å². The molecule has 0 unspecified atom stereocenters. The smallest absolute Gasteiger partial charge is 0.242 e. The van der Waals surface area contributed by atoms with E-state index in [2.05, 4.69) is 15.0 Å². The molecule has 0 fully saturated rings. The molecule has 134 valence electrons. The van der Waals surface area contributed by atoms with Crippen LogP contribution in [0.1, 0.15) is 6.92 Å². The van der Waals surface area contributed by atoms with E-state index in [-0.39, 0.29) is 4.90 Å². The van der Waals surface area contributed by atoms with E-state index < -0.39 is 22.0 Å². The highest BCUT2D eigenvalue weighted by atomic mass is 32.2. The number of hydrogen-bond donors (Lipinski definition) is 2. The molecule has 2 N–H and O–H groups in total. The maximum absolute atomic E-state index is 12.3. The van der Waals surface area contributed by atoms with Gasteiger partial charge in [-0.05, 0) is 37.3 Å². The number of benzene rings is 1. The monoisotopic (exact) mass is 365 g/mol. The number of carbonyl (C=O) groups is 1. The van der Waals surface area contributed by atoms with Gasteiger partial charge in [0.25, 0.3) is 0 Å². The van der Waals surface area contributed by atoms with Gasteiger partial charge in [0.05, 0.1) is 37.0 Å². The third-order valence-corrected chi connectivity index (χ3v) is 4.86. The van der Waals surface area contributed by atoms with Gasteiger partial charge in [-0.1, -0.05) is 0 Å². The molecule has 9 heteroatoms. The van der Waals surface area contributed by atoms with Gasteiger partial charge < -0.3 is 14.8 Å². The first-order valence-electron chi connectivity index (χ1n) is 7.33. The number of methoxy groups -OCH3 is 2. The van der Waals surface area contributed by atoms with Crippen molar-refractivity contribution in [3.8, 4) is 11.6 Å². The maximum Gasteiger partial charge on any atom is 0.242 e. The van der Waals surface area contributed by atoms with Crippen molar-refractivity contribution in [3.63, 3.8) is 0 Å². The van der Waals surface area contributed by atoms with Gasteiger partial charge in [0.15, 0.2) is 0 Å². The maximum atomic E-state index is 12.3. The van der Waals surface area contributed by atoms with Crippen molar-refractivity contribution in [2.45, 2.75) is 17.9 Å². The van der Waals surface area contributed by atoms with Crippen LogP contribution in [0.2, 0.25) is 0 Å². The molecule has 0 spiro atoms. The second-order valence-electron chi connectivity index (χ2n) is 5.10. The topological polar surface area (TPSA) is 107 Å². The lowest BCUT2D eigenvalue weighted by molar-refractivity contribution is -0.117. The molecule has 1 aromatic carbocycles. The van der Waals surface area contributed by atoms with Crippen LogP contribution in [-0.2, 0) is 14.8 Å². The molecular weight excluding hydrogens is 346 g/mol. The first-order valence-corrected chi connectivity index (χ1v) is 8.81. The Balaban J connectivity index is 2.03. The number of hydrogen-bond acceptors (Lipinski definition) is 6. The van der Waals surface area contributed by atoms with Crippen molar-refractivity contribution in [1.82, 2.24) is 9.71 Å². The number of sulfonamides is 1. The minimum Gasteiger partial charge on any atom is -0.497 e. The molecule has 1 amide bonds. The Hall–Kier alpha value is -2.65. The van der Waals surface area contributed by atoms with Gasteiger partial charge in [0.1, 0.15) is 5.75 Å². The third kappa shape index (κ3) is 4.91. The number of rotatable bonds is 7. The molecule has 2 aromatic rings. The Bertz CT molecular complexity index is 820. The first-order chi connectivity index (χ1) is 11.9. The Morgan fingerprint density at radius 1 is 1.08 bits per heavy atom. The fourth-order valence-electron chi connectivity index (χ4n) is 1.93. The number of amides is 1. The zero-order valence-corrected chi connectivity index (χ0v) is 14.8. The zero-order valence-electron chi connectivity index (χ0n) is 14.0. The Kier molecular flexibility index (Phi) is 5.94. The average Bonchev–Trinajstić information content (AvgIpc) is 2.62. The molecule has 0 aliphatic rings. The van der Waals surface area contributed by atoms with Crippen LogP contribution < -0.4 is 19.5 Å². The summed E-state index contributed by atoms with van der Waals surface area (Å²) in [4.78, 5) is 16.2. The molecule has 25 heavy (non-hydrogen) atoms. The Morgan fingerprint density at radius 2 is 1.76 bits per heavy atom. The summed E-state index contributed by atoms with van der Waals surface area (Å²) in [7, 11) is -0.863. The standard InChI is InChI=1S/C16H19N3O5S/c1-11(16(20)18-12-4-9-15(24-3)17-10-12)19-25(21,22)14-7-5-13(23-2)6-8-14/h4-11,19H,1-3H3,(H,18,20)/t11-/m0/s1. The molecule has 2 rings (SSSR count). The van der Waals surface area contributed by atoms with E-state index in [1.54, 1.807) is 12.1 Å². The minimum atomic E-state index is -3.83. The first kappa shape index (κ1) is 18.7. The number of aromatic nitrogens is 1. The van der Waals surface area contributed by atoms with E-state index in [1.165, 1.54) is 51.6 Å². The molecule has 0 aliphatic heterocycles. The molecule has 1 heterocycles. The normalized spacial score (nSPS) is 12.3. The van der Waals surface area contributed by atoms with Crippen molar-refractivity contribution in [1.29, 1.82) is 0 Å². The molecule has 1 atom stereocenters. The van der Waals surface area contributed by atoms with Gasteiger partial charge in [-0.3, -0.25) is 4.79 Å². The number of anilines is 1. The largest absolute Gasteiger partial charge is 0.497 e. The fraction of sp³-hybridized carbons (Fsp3) is 0.250. The lowest BCUT2D eigenvalue weighted by Gasteiger charge is -2.14. The highest BCUT2D eigenvalue weighted by Gasteiger charge is 2.22. The van der Waals surface area contributed by atoms with Crippen LogP contribution >= 0.6 is 0 Å². The van der Waals surface area contributed by atoms with E-state index in [4.69, 9.17) is 9.47 Å². The van der Waals surface area contributed by atoms with Crippen molar-refractivity contribution in [2.75, 3.05) is 19.5 Å². The van der Waals surface area contributed by atoms with E-state index in [9.17, 15) is 13.2 Å². The summed E-state index contributed by atoms with van der Waals surface area (Å²) in [5, 5.41) is 2.58. The zero-order chi connectivity index (χ0) is 18.4. The summed E-state index contributed by atoms with van der Waals surface area (Å²) in [5.74, 6) is 0.437. The molecule has 0 bridgehead atoms. The SMILES string of the molecule is COc1ccc(S(=O)(=O)N[C@@H](C)C(=O)Nc2ccc(OC)nc2)cc1. The van der Waals surface area contributed by atoms with Gasteiger partial charge in [0.2, 0.25) is 21.8 Å². The second kappa shape index (κ2) is 7.95. The number of carbonyl (C=O) groups excluding carboxylic acids is 1. The van der Waals surface area contributed by atoms with Crippen molar-refractivity contribution < 1.29 is 22.7 Å². The summed E-state index contributed by atoms with van der Waals surface area (Å²) in [6, 6.07) is 8.08. The molecule has 1 aromatic heterocycles. The van der Waals surface area contributed by atoms with E-state index in [0.29, 0.717) is 17.3 Å². The lowest BCUT2D eigenvalue weighted by Crippen LogP contribution is -2.41. The van der Waals surface area contributed by atoms with Gasteiger partial charge in [-0.15, -0.1) is 0 Å². The highest BCUT2D eigenvalue weighted by Crippen LogP contribution is 2.16. The van der Waals surface area contributed by atoms with Gasteiger partial charge in [0, 0.05) is 6.07 Å².